The van der Waals surface area contributed by atoms with Crippen molar-refractivity contribution in [1.82, 2.24) is 14.9 Å². The minimum absolute atomic E-state index is 0.0284. The summed E-state index contributed by atoms with van der Waals surface area (Å²) >= 11 is 0. The van der Waals surface area contributed by atoms with Crippen molar-refractivity contribution in [3.05, 3.63) is 48.0 Å². The molecule has 0 radical (unpaired) electrons. The Hall–Kier alpha value is -2.45. The van der Waals surface area contributed by atoms with Gasteiger partial charge in [0.05, 0.1) is 18.8 Å². The number of nitrogens with zero attached hydrogens (tertiary/aromatic N) is 1. The van der Waals surface area contributed by atoms with Crippen molar-refractivity contribution in [2.24, 2.45) is 0 Å². The first-order valence-corrected chi connectivity index (χ1v) is 10.2. The number of hydrogen-bond donors (Lipinski definition) is 2. The van der Waals surface area contributed by atoms with E-state index in [4.69, 9.17) is 0 Å². The van der Waals surface area contributed by atoms with Gasteiger partial charge in [0.1, 0.15) is 0 Å². The summed E-state index contributed by atoms with van der Waals surface area (Å²) in [6.45, 7) is 0.563. The highest BCUT2D eigenvalue weighted by Gasteiger charge is 2.30. The van der Waals surface area contributed by atoms with Crippen LogP contribution in [0.1, 0.15) is 12.0 Å². The van der Waals surface area contributed by atoms with Gasteiger partial charge >= 0.3 is 0 Å². The Kier molecular flexibility index (Phi) is 5.24. The molecule has 1 aliphatic rings. The molecule has 3 rings (SSSR count). The second kappa shape index (κ2) is 7.43. The van der Waals surface area contributed by atoms with Crippen molar-refractivity contribution >= 4 is 32.6 Å². The molecule has 0 aliphatic carbocycles. The van der Waals surface area contributed by atoms with Gasteiger partial charge in [-0.05, 0) is 16.3 Å². The largest absolute Gasteiger partial charge is 0.350 e. The summed E-state index contributed by atoms with van der Waals surface area (Å²) in [6, 6.07) is 13.7. The molecule has 1 atom stereocenters. The molecule has 1 aliphatic heterocycles. The summed E-state index contributed by atoms with van der Waals surface area (Å²) < 4.78 is 24.2. The highest BCUT2D eigenvalue weighted by atomic mass is 32.2. The Labute approximate surface area is 152 Å². The number of hydrogen-bond acceptors (Lipinski definition) is 4. The molecular weight excluding hydrogens is 354 g/mol. The molecule has 1 saturated heterocycles. The van der Waals surface area contributed by atoms with E-state index in [9.17, 15) is 18.0 Å². The van der Waals surface area contributed by atoms with Crippen molar-refractivity contribution in [3.8, 4) is 0 Å². The minimum atomic E-state index is -3.42. The van der Waals surface area contributed by atoms with E-state index in [2.05, 4.69) is 10.0 Å². The van der Waals surface area contributed by atoms with Gasteiger partial charge in [0, 0.05) is 19.5 Å². The average molecular weight is 375 g/mol. The molecule has 138 valence electrons. The Morgan fingerprint density at radius 2 is 1.92 bits per heavy atom. The Balaban J connectivity index is 1.62. The second-order valence-electron chi connectivity index (χ2n) is 6.47. The third kappa shape index (κ3) is 4.59. The first-order valence-electron chi connectivity index (χ1n) is 8.30. The van der Waals surface area contributed by atoms with Gasteiger partial charge in [-0.25, -0.2) is 13.1 Å². The number of benzene rings is 2. The van der Waals surface area contributed by atoms with E-state index >= 15 is 0 Å². The fourth-order valence-electron chi connectivity index (χ4n) is 3.13. The summed E-state index contributed by atoms with van der Waals surface area (Å²) in [5.74, 6) is -0.473. The number of likely N-dealkylation sites (tertiary alicyclic amines) is 1. The zero-order valence-corrected chi connectivity index (χ0v) is 15.3. The van der Waals surface area contributed by atoms with E-state index in [-0.39, 0.29) is 24.9 Å². The summed E-state index contributed by atoms with van der Waals surface area (Å²) in [7, 11) is -3.42. The Morgan fingerprint density at radius 1 is 1.19 bits per heavy atom. The lowest BCUT2D eigenvalue weighted by atomic mass is 10.0. The molecule has 2 N–H and O–H groups in total. The summed E-state index contributed by atoms with van der Waals surface area (Å²) in [6.07, 6.45) is 1.21. The molecule has 7 nitrogen and oxygen atoms in total. The van der Waals surface area contributed by atoms with Crippen LogP contribution in [-0.2, 0) is 26.2 Å². The van der Waals surface area contributed by atoms with Crippen molar-refractivity contribution in [3.63, 3.8) is 0 Å². The molecule has 1 heterocycles. The van der Waals surface area contributed by atoms with Crippen molar-refractivity contribution < 1.29 is 18.0 Å². The molecular formula is C18H21N3O4S. The van der Waals surface area contributed by atoms with Crippen LogP contribution in [0.15, 0.2) is 42.5 Å². The Morgan fingerprint density at radius 3 is 2.69 bits per heavy atom. The molecule has 0 bridgehead atoms. The van der Waals surface area contributed by atoms with E-state index < -0.39 is 15.9 Å². The monoisotopic (exact) mass is 375 g/mol. The van der Waals surface area contributed by atoms with E-state index in [1.807, 2.05) is 42.5 Å². The fourth-order valence-corrected chi connectivity index (χ4v) is 3.53. The van der Waals surface area contributed by atoms with Crippen molar-refractivity contribution in [2.75, 3.05) is 19.3 Å². The third-order valence-corrected chi connectivity index (χ3v) is 4.98. The van der Waals surface area contributed by atoms with Gasteiger partial charge in [0.2, 0.25) is 21.8 Å². The molecule has 26 heavy (non-hydrogen) atoms. The highest BCUT2D eigenvalue weighted by Crippen LogP contribution is 2.22. The van der Waals surface area contributed by atoms with Gasteiger partial charge in [0.15, 0.2) is 0 Å². The van der Waals surface area contributed by atoms with Crippen LogP contribution in [0.5, 0.6) is 0 Å². The average Bonchev–Trinajstić information content (AvgIpc) is 2.92. The third-order valence-electron chi connectivity index (χ3n) is 4.32. The number of nitrogens with one attached hydrogen (secondary N) is 2. The minimum Gasteiger partial charge on any atom is -0.350 e. The first kappa shape index (κ1) is 18.3. The molecule has 2 aromatic rings. The molecule has 2 amide bonds. The van der Waals surface area contributed by atoms with Crippen molar-refractivity contribution in [2.45, 2.75) is 19.0 Å². The number of sulfonamides is 1. The van der Waals surface area contributed by atoms with Crippen LogP contribution in [0.25, 0.3) is 10.8 Å². The second-order valence-corrected chi connectivity index (χ2v) is 8.31. The van der Waals surface area contributed by atoms with Crippen LogP contribution >= 0.6 is 0 Å². The topological polar surface area (TPSA) is 95.6 Å². The van der Waals surface area contributed by atoms with E-state index in [0.717, 1.165) is 22.6 Å². The SMILES string of the molecule is CS(=O)(=O)NCC(=O)N[C@@H]1CC(=O)N(Cc2cccc3ccccc23)C1. The number of rotatable bonds is 6. The molecule has 0 spiro atoms. The van der Waals surface area contributed by atoms with Gasteiger partial charge in [-0.3, -0.25) is 9.59 Å². The van der Waals surface area contributed by atoms with Gasteiger partial charge in [-0.1, -0.05) is 42.5 Å². The van der Waals surface area contributed by atoms with Crippen LogP contribution in [0, 0.1) is 0 Å². The normalized spacial score (nSPS) is 17.7. The zero-order valence-electron chi connectivity index (χ0n) is 14.4. The van der Waals surface area contributed by atoms with Crippen LogP contribution in [0.3, 0.4) is 0 Å². The van der Waals surface area contributed by atoms with Crippen LogP contribution in [0.2, 0.25) is 0 Å². The Bertz CT molecular complexity index is 937. The predicted octanol–water partition coefficient (Wildman–Crippen LogP) is 0.606. The summed E-state index contributed by atoms with van der Waals surface area (Å²) in [4.78, 5) is 25.8. The molecule has 0 aromatic heterocycles. The quantitative estimate of drug-likeness (QED) is 0.773. The number of fused-ring (bicyclic) bond motifs is 1. The van der Waals surface area contributed by atoms with Crippen LogP contribution in [0.4, 0.5) is 0 Å². The molecule has 0 unspecified atom stereocenters. The van der Waals surface area contributed by atoms with Gasteiger partial charge in [0.25, 0.3) is 0 Å². The van der Waals surface area contributed by atoms with Gasteiger partial charge in [-0.2, -0.15) is 0 Å². The number of amides is 2. The van der Waals surface area contributed by atoms with Crippen LogP contribution < -0.4 is 10.0 Å². The maximum Gasteiger partial charge on any atom is 0.235 e. The lowest BCUT2D eigenvalue weighted by Crippen LogP contribution is -2.42. The van der Waals surface area contributed by atoms with E-state index in [1.165, 1.54) is 0 Å². The van der Waals surface area contributed by atoms with Gasteiger partial charge in [-0.15, -0.1) is 0 Å². The molecule has 0 saturated carbocycles. The first-order chi connectivity index (χ1) is 12.3. The number of carbonyl (C=O) groups is 2. The summed E-state index contributed by atoms with van der Waals surface area (Å²) in [5, 5.41) is 4.93. The van der Waals surface area contributed by atoms with Crippen molar-refractivity contribution in [1.29, 1.82) is 0 Å². The fraction of sp³-hybridized carbons (Fsp3) is 0.333. The number of carbonyl (C=O) groups excluding carboxylic acids is 2. The smallest absolute Gasteiger partial charge is 0.235 e. The van der Waals surface area contributed by atoms with E-state index in [1.54, 1.807) is 4.90 Å². The van der Waals surface area contributed by atoms with Crippen LogP contribution in [-0.4, -0.2) is 50.5 Å². The summed E-state index contributed by atoms with van der Waals surface area (Å²) in [5.41, 5.74) is 1.06. The predicted molar refractivity (Wildman–Crippen MR) is 98.8 cm³/mol. The van der Waals surface area contributed by atoms with Gasteiger partial charge < -0.3 is 10.2 Å². The van der Waals surface area contributed by atoms with E-state index in [0.29, 0.717) is 13.1 Å². The molecule has 8 heteroatoms. The lowest BCUT2D eigenvalue weighted by molar-refractivity contribution is -0.128. The molecule has 2 aromatic carbocycles. The highest BCUT2D eigenvalue weighted by molar-refractivity contribution is 7.88. The zero-order chi connectivity index (χ0) is 18.7. The maximum atomic E-state index is 12.3. The lowest BCUT2D eigenvalue weighted by Gasteiger charge is -2.18. The maximum absolute atomic E-state index is 12.3. The standard InChI is InChI=1S/C18H21N3O4S/c1-26(24,25)19-10-17(22)20-15-9-18(23)21(12-15)11-14-7-4-6-13-5-2-3-8-16(13)14/h2-8,15,19H,9-12H2,1H3,(H,20,22)/t15-/m1/s1. The molecule has 1 fully saturated rings.